The van der Waals surface area contributed by atoms with Gasteiger partial charge >= 0.3 is 0 Å². The maximum atomic E-state index is 14.0. The highest BCUT2D eigenvalue weighted by atomic mass is 19.1. The number of aromatic amines is 1. The number of aromatic nitrogens is 4. The molecule has 0 bridgehead atoms. The van der Waals surface area contributed by atoms with Gasteiger partial charge in [0.1, 0.15) is 12.0 Å². The Balaban J connectivity index is 1.61. The second kappa shape index (κ2) is 7.36. The maximum absolute atomic E-state index is 14.0. The van der Waals surface area contributed by atoms with E-state index in [2.05, 4.69) is 37.0 Å². The Morgan fingerprint density at radius 2 is 2.08 bits per heavy atom. The van der Waals surface area contributed by atoms with Gasteiger partial charge in [-0.15, -0.1) is 0 Å². The molecular weight excluding hydrogens is 307 g/mol. The number of hydrogen-bond donors (Lipinski definition) is 1. The minimum Gasteiger partial charge on any atom is -0.300 e. The summed E-state index contributed by atoms with van der Waals surface area (Å²) < 4.78 is 14.0. The van der Waals surface area contributed by atoms with Crippen molar-refractivity contribution in [1.29, 1.82) is 0 Å². The Labute approximate surface area is 142 Å². The van der Waals surface area contributed by atoms with Gasteiger partial charge in [-0.3, -0.25) is 10.00 Å². The summed E-state index contributed by atoms with van der Waals surface area (Å²) in [7, 11) is 2.08. The van der Waals surface area contributed by atoms with Gasteiger partial charge < -0.3 is 4.90 Å². The van der Waals surface area contributed by atoms with Crippen molar-refractivity contribution in [2.75, 3.05) is 20.1 Å². The Morgan fingerprint density at radius 3 is 2.75 bits per heavy atom. The van der Waals surface area contributed by atoms with Crippen molar-refractivity contribution in [2.24, 2.45) is 0 Å². The van der Waals surface area contributed by atoms with Crippen molar-refractivity contribution < 1.29 is 4.39 Å². The Bertz CT molecular complexity index is 639. The van der Waals surface area contributed by atoms with E-state index in [9.17, 15) is 4.39 Å². The molecule has 1 N–H and O–H groups in total. The number of nitrogens with one attached hydrogen (secondary N) is 1. The molecular formula is C17H25FN6. The summed E-state index contributed by atoms with van der Waals surface area (Å²) in [4.78, 5) is 12.9. The third kappa shape index (κ3) is 3.96. The summed E-state index contributed by atoms with van der Waals surface area (Å²) in [5.74, 6) is 0.751. The van der Waals surface area contributed by atoms with Crippen molar-refractivity contribution in [3.63, 3.8) is 0 Å². The summed E-state index contributed by atoms with van der Waals surface area (Å²) in [5, 5.41) is 7.27. The maximum Gasteiger partial charge on any atom is 0.142 e. The molecule has 0 aliphatic carbocycles. The van der Waals surface area contributed by atoms with Gasteiger partial charge in [-0.2, -0.15) is 5.10 Å². The van der Waals surface area contributed by atoms with Crippen LogP contribution in [0, 0.1) is 13.8 Å². The summed E-state index contributed by atoms with van der Waals surface area (Å²) >= 11 is 0. The molecule has 130 valence electrons. The molecule has 0 unspecified atom stereocenters. The van der Waals surface area contributed by atoms with Crippen LogP contribution in [0.15, 0.2) is 18.5 Å². The predicted octanol–water partition coefficient (Wildman–Crippen LogP) is 1.86. The lowest BCUT2D eigenvalue weighted by molar-refractivity contribution is 0.177. The number of halogens is 1. The summed E-state index contributed by atoms with van der Waals surface area (Å²) in [6.07, 6.45) is 3.26. The smallest absolute Gasteiger partial charge is 0.142 e. The largest absolute Gasteiger partial charge is 0.300 e. The predicted molar refractivity (Wildman–Crippen MR) is 90.1 cm³/mol. The fraction of sp³-hybridized carbons (Fsp3) is 0.588. The standard InChI is InChI=1S/C17H25FN6/c1-12-16(13(2)22-21-12)10-23(3)9-15-7-14(18)8-24(15)11-17-19-5-4-6-20-17/h4-6,14-15H,7-11H2,1-3H3,(H,21,22)/t14-,15-/m0/s1. The zero-order valence-corrected chi connectivity index (χ0v) is 14.5. The Kier molecular flexibility index (Phi) is 5.20. The number of nitrogens with zero attached hydrogens (tertiary/aromatic N) is 5. The van der Waals surface area contributed by atoms with E-state index in [0.717, 1.165) is 30.3 Å². The van der Waals surface area contributed by atoms with Crippen LogP contribution in [0.3, 0.4) is 0 Å². The van der Waals surface area contributed by atoms with E-state index >= 15 is 0 Å². The highest BCUT2D eigenvalue weighted by molar-refractivity contribution is 5.22. The zero-order valence-electron chi connectivity index (χ0n) is 14.5. The van der Waals surface area contributed by atoms with Crippen LogP contribution in [0.25, 0.3) is 0 Å². The molecule has 0 radical (unpaired) electrons. The Morgan fingerprint density at radius 1 is 1.33 bits per heavy atom. The van der Waals surface area contributed by atoms with E-state index in [4.69, 9.17) is 0 Å². The summed E-state index contributed by atoms with van der Waals surface area (Å²) in [5.41, 5.74) is 3.36. The zero-order chi connectivity index (χ0) is 17.1. The first-order valence-corrected chi connectivity index (χ1v) is 8.36. The van der Waals surface area contributed by atoms with Crippen LogP contribution in [0.2, 0.25) is 0 Å². The van der Waals surface area contributed by atoms with Crippen LogP contribution in [0.5, 0.6) is 0 Å². The van der Waals surface area contributed by atoms with E-state index < -0.39 is 6.17 Å². The molecule has 2 atom stereocenters. The van der Waals surface area contributed by atoms with Crippen LogP contribution in [-0.2, 0) is 13.1 Å². The topological polar surface area (TPSA) is 60.9 Å². The minimum absolute atomic E-state index is 0.182. The molecule has 1 aliphatic heterocycles. The van der Waals surface area contributed by atoms with Gasteiger partial charge in [0.05, 0.1) is 12.2 Å². The lowest BCUT2D eigenvalue weighted by Crippen LogP contribution is -2.38. The van der Waals surface area contributed by atoms with Crippen molar-refractivity contribution in [3.05, 3.63) is 41.2 Å². The Hall–Kier alpha value is -1.86. The molecule has 24 heavy (non-hydrogen) atoms. The van der Waals surface area contributed by atoms with Crippen molar-refractivity contribution in [2.45, 2.75) is 45.6 Å². The first kappa shape index (κ1) is 17.0. The first-order valence-electron chi connectivity index (χ1n) is 8.36. The summed E-state index contributed by atoms with van der Waals surface area (Å²) in [6, 6.07) is 1.98. The normalized spacial score (nSPS) is 21.7. The molecule has 3 heterocycles. The van der Waals surface area contributed by atoms with Crippen molar-refractivity contribution in [3.8, 4) is 0 Å². The molecule has 2 aromatic heterocycles. The van der Waals surface area contributed by atoms with E-state index in [1.165, 1.54) is 5.56 Å². The number of likely N-dealkylation sites (tertiary alicyclic amines) is 1. The number of aryl methyl sites for hydroxylation is 2. The second-order valence-electron chi connectivity index (χ2n) is 6.69. The molecule has 0 saturated carbocycles. The minimum atomic E-state index is -0.774. The molecule has 7 heteroatoms. The lowest BCUT2D eigenvalue weighted by atomic mass is 10.1. The number of H-pyrrole nitrogens is 1. The number of hydrogen-bond acceptors (Lipinski definition) is 5. The molecule has 1 fully saturated rings. The number of rotatable bonds is 6. The van der Waals surface area contributed by atoms with Crippen LogP contribution < -0.4 is 0 Å². The molecule has 0 spiro atoms. The summed E-state index contributed by atoms with van der Waals surface area (Å²) in [6.45, 7) is 6.74. The highest BCUT2D eigenvalue weighted by Gasteiger charge is 2.33. The van der Waals surface area contributed by atoms with E-state index in [1.54, 1.807) is 18.5 Å². The van der Waals surface area contributed by atoms with E-state index in [-0.39, 0.29) is 6.04 Å². The molecule has 1 aliphatic rings. The fourth-order valence-electron chi connectivity index (χ4n) is 3.40. The quantitative estimate of drug-likeness (QED) is 0.875. The van der Waals surface area contributed by atoms with Gasteiger partial charge in [-0.25, -0.2) is 14.4 Å². The van der Waals surface area contributed by atoms with Crippen LogP contribution in [0.4, 0.5) is 4.39 Å². The average molecular weight is 332 g/mol. The van der Waals surface area contributed by atoms with Gasteiger partial charge in [0.2, 0.25) is 0 Å². The van der Waals surface area contributed by atoms with Gasteiger partial charge in [0.25, 0.3) is 0 Å². The van der Waals surface area contributed by atoms with Gasteiger partial charge in [0.15, 0.2) is 0 Å². The lowest BCUT2D eigenvalue weighted by Gasteiger charge is -2.28. The molecule has 3 rings (SSSR count). The van der Waals surface area contributed by atoms with E-state index in [0.29, 0.717) is 19.5 Å². The third-order valence-corrected chi connectivity index (χ3v) is 4.67. The fourth-order valence-corrected chi connectivity index (χ4v) is 3.40. The van der Waals surface area contributed by atoms with Crippen LogP contribution in [0.1, 0.15) is 29.2 Å². The van der Waals surface area contributed by atoms with Gasteiger partial charge in [-0.05, 0) is 33.4 Å². The molecule has 2 aromatic rings. The number of likely N-dealkylation sites (N-methyl/N-ethyl adjacent to an activating group) is 1. The molecule has 0 amide bonds. The highest BCUT2D eigenvalue weighted by Crippen LogP contribution is 2.23. The van der Waals surface area contributed by atoms with Crippen LogP contribution >= 0.6 is 0 Å². The SMILES string of the molecule is Cc1n[nH]c(C)c1CN(C)C[C@@H]1C[C@H](F)CN1Cc1ncccn1. The number of alkyl halides is 1. The molecule has 1 saturated heterocycles. The molecule has 0 aromatic carbocycles. The van der Waals surface area contributed by atoms with Gasteiger partial charge in [-0.1, -0.05) is 0 Å². The van der Waals surface area contributed by atoms with Gasteiger partial charge in [0, 0.05) is 49.3 Å². The monoisotopic (exact) mass is 332 g/mol. The van der Waals surface area contributed by atoms with E-state index in [1.807, 2.05) is 13.8 Å². The van der Waals surface area contributed by atoms with Crippen molar-refractivity contribution in [1.82, 2.24) is 30.0 Å². The second-order valence-corrected chi connectivity index (χ2v) is 6.69. The van der Waals surface area contributed by atoms with Crippen molar-refractivity contribution >= 4 is 0 Å². The average Bonchev–Trinajstić information content (AvgIpc) is 3.05. The molecule has 6 nitrogen and oxygen atoms in total. The third-order valence-electron chi connectivity index (χ3n) is 4.67. The first-order chi connectivity index (χ1) is 11.5. The van der Waals surface area contributed by atoms with Crippen LogP contribution in [-0.4, -0.2) is 62.3 Å².